The predicted octanol–water partition coefficient (Wildman–Crippen LogP) is 3.54. The molecule has 0 aromatic heterocycles. The average molecular weight is 265 g/mol. The van der Waals surface area contributed by atoms with Crippen LogP contribution in [0.2, 0.25) is 0 Å². The van der Waals surface area contributed by atoms with Gasteiger partial charge in [-0.05, 0) is 0 Å². The first-order valence-electron chi connectivity index (χ1n) is 1.85. The standard InChI is InChI=1S/C3H5I.C2H2Cl2/c1-2-3-4;3-1-2-4/h2H,1,3H2;1-2H. The zero-order valence-corrected chi connectivity index (χ0v) is 7.95. The van der Waals surface area contributed by atoms with E-state index in [0.717, 1.165) is 4.43 Å². The minimum Gasteiger partial charge on any atom is -0.102 e. The van der Waals surface area contributed by atoms with E-state index in [-0.39, 0.29) is 0 Å². The maximum Gasteiger partial charge on any atom is 0.0173 e. The predicted molar refractivity (Wildman–Crippen MR) is 49.9 cm³/mol. The topological polar surface area (TPSA) is 0 Å². The Labute approximate surface area is 73.7 Å². The number of rotatable bonds is 1. The lowest BCUT2D eigenvalue weighted by Crippen LogP contribution is -1.43. The summed E-state index contributed by atoms with van der Waals surface area (Å²) in [6.07, 6.45) is 1.86. The lowest BCUT2D eigenvalue weighted by atomic mass is 10.8. The van der Waals surface area contributed by atoms with E-state index in [4.69, 9.17) is 23.2 Å². The van der Waals surface area contributed by atoms with Gasteiger partial charge in [0.05, 0.1) is 0 Å². The van der Waals surface area contributed by atoms with Crippen molar-refractivity contribution in [3.8, 4) is 0 Å². The molecule has 0 spiro atoms. The molecule has 48 valence electrons. The molecule has 0 heterocycles. The Kier molecular flexibility index (Phi) is 22.6. The van der Waals surface area contributed by atoms with Crippen LogP contribution in [-0.2, 0) is 0 Å². The van der Waals surface area contributed by atoms with Crippen molar-refractivity contribution in [2.45, 2.75) is 0 Å². The van der Waals surface area contributed by atoms with Crippen LogP contribution in [0.4, 0.5) is 0 Å². The molecule has 0 aromatic carbocycles. The third kappa shape index (κ3) is 29.2. The Balaban J connectivity index is 0. The number of alkyl halides is 1. The Hall–Kier alpha value is 0.790. The summed E-state index contributed by atoms with van der Waals surface area (Å²) in [6.45, 7) is 3.47. The first-order chi connectivity index (χ1) is 3.83. The van der Waals surface area contributed by atoms with Crippen molar-refractivity contribution in [3.63, 3.8) is 0 Å². The number of hydrogen-bond acceptors (Lipinski definition) is 0. The van der Waals surface area contributed by atoms with Crippen LogP contribution < -0.4 is 0 Å². The first-order valence-corrected chi connectivity index (χ1v) is 4.25. The highest BCUT2D eigenvalue weighted by molar-refractivity contribution is 14.1. The Morgan fingerprint density at radius 1 is 1.38 bits per heavy atom. The number of halogens is 3. The average Bonchev–Trinajstić information content (AvgIpc) is 1.88. The maximum absolute atomic E-state index is 4.87. The summed E-state index contributed by atoms with van der Waals surface area (Å²) >= 11 is 12.0. The molecule has 0 fully saturated rings. The largest absolute Gasteiger partial charge is 0.102 e. The molecule has 0 nitrogen and oxygen atoms in total. The maximum atomic E-state index is 4.87. The van der Waals surface area contributed by atoms with Gasteiger partial charge in [0.25, 0.3) is 0 Å². The molecular weight excluding hydrogens is 258 g/mol. The van der Waals surface area contributed by atoms with E-state index in [1.54, 1.807) is 0 Å². The van der Waals surface area contributed by atoms with Gasteiger partial charge in [0.15, 0.2) is 0 Å². The molecule has 0 aliphatic carbocycles. The zero-order chi connectivity index (χ0) is 6.83. The molecule has 0 aromatic rings. The molecule has 3 heteroatoms. The summed E-state index contributed by atoms with van der Waals surface area (Å²) in [5, 5.41) is 0. The number of allylic oxidation sites excluding steroid dienone is 1. The molecular formula is C5H7Cl2I. The van der Waals surface area contributed by atoms with Crippen LogP contribution in [0.5, 0.6) is 0 Å². The fraction of sp³-hybridized carbons (Fsp3) is 0.200. The van der Waals surface area contributed by atoms with Crippen LogP contribution in [0.1, 0.15) is 0 Å². The highest BCUT2D eigenvalue weighted by Gasteiger charge is 1.47. The quantitative estimate of drug-likeness (QED) is 0.386. The van der Waals surface area contributed by atoms with Crippen LogP contribution in [-0.4, -0.2) is 4.43 Å². The van der Waals surface area contributed by atoms with Crippen molar-refractivity contribution in [1.29, 1.82) is 0 Å². The first kappa shape index (κ1) is 11.6. The lowest BCUT2D eigenvalue weighted by molar-refractivity contribution is 1.90. The summed E-state index contributed by atoms with van der Waals surface area (Å²) in [7, 11) is 0. The summed E-state index contributed by atoms with van der Waals surface area (Å²) in [4.78, 5) is 0. The Morgan fingerprint density at radius 2 is 1.62 bits per heavy atom. The van der Waals surface area contributed by atoms with Gasteiger partial charge in [-0.25, -0.2) is 0 Å². The smallest absolute Gasteiger partial charge is 0.0173 e. The van der Waals surface area contributed by atoms with Gasteiger partial charge in [-0.2, -0.15) is 0 Å². The monoisotopic (exact) mass is 264 g/mol. The molecule has 0 atom stereocenters. The SMILES string of the molecule is C=CCI.ClC=CCl. The molecule has 0 radical (unpaired) electrons. The van der Waals surface area contributed by atoms with Crippen molar-refractivity contribution in [1.82, 2.24) is 0 Å². The zero-order valence-electron chi connectivity index (χ0n) is 4.28. The van der Waals surface area contributed by atoms with Crippen LogP contribution >= 0.6 is 45.8 Å². The van der Waals surface area contributed by atoms with Gasteiger partial charge in [-0.3, -0.25) is 0 Å². The van der Waals surface area contributed by atoms with E-state index in [0.29, 0.717) is 0 Å². The van der Waals surface area contributed by atoms with Gasteiger partial charge in [0.1, 0.15) is 0 Å². The van der Waals surface area contributed by atoms with Crippen LogP contribution in [0.25, 0.3) is 0 Å². The molecule has 0 bridgehead atoms. The van der Waals surface area contributed by atoms with E-state index in [2.05, 4.69) is 29.2 Å². The highest BCUT2D eigenvalue weighted by atomic mass is 127. The molecule has 0 saturated carbocycles. The van der Waals surface area contributed by atoms with E-state index in [9.17, 15) is 0 Å². The Morgan fingerprint density at radius 3 is 1.62 bits per heavy atom. The van der Waals surface area contributed by atoms with E-state index in [1.807, 2.05) is 6.08 Å². The van der Waals surface area contributed by atoms with Gasteiger partial charge < -0.3 is 0 Å². The summed E-state index contributed by atoms with van der Waals surface area (Å²) < 4.78 is 1.05. The van der Waals surface area contributed by atoms with Crippen molar-refractivity contribution < 1.29 is 0 Å². The van der Waals surface area contributed by atoms with Gasteiger partial charge in [-0.1, -0.05) is 51.9 Å². The molecule has 0 rings (SSSR count). The molecule has 0 saturated heterocycles. The molecule has 0 aliphatic heterocycles. The summed E-state index contributed by atoms with van der Waals surface area (Å²) in [5.41, 5.74) is 2.48. The molecule has 0 amide bonds. The fourth-order valence-electron chi connectivity index (χ4n) is 0. The van der Waals surface area contributed by atoms with E-state index in [1.165, 1.54) is 11.1 Å². The third-order valence-corrected chi connectivity index (χ3v) is 1.16. The minimum atomic E-state index is 1.05. The van der Waals surface area contributed by atoms with Gasteiger partial charge in [-0.15, -0.1) is 6.58 Å². The third-order valence-electron chi connectivity index (χ3n) is 0.157. The Bertz CT molecular complexity index is 57.4. The lowest BCUT2D eigenvalue weighted by Gasteiger charge is -1.55. The number of hydrogen-bond donors (Lipinski definition) is 0. The second-order valence-corrected chi connectivity index (χ2v) is 2.08. The molecule has 8 heavy (non-hydrogen) atoms. The van der Waals surface area contributed by atoms with E-state index < -0.39 is 0 Å². The van der Waals surface area contributed by atoms with Crippen molar-refractivity contribution in [2.24, 2.45) is 0 Å². The molecule has 0 N–H and O–H groups in total. The van der Waals surface area contributed by atoms with Crippen molar-refractivity contribution in [2.75, 3.05) is 4.43 Å². The minimum absolute atomic E-state index is 1.05. The normalized spacial score (nSPS) is 7.88. The summed E-state index contributed by atoms with van der Waals surface area (Å²) in [5.74, 6) is 0. The van der Waals surface area contributed by atoms with Crippen molar-refractivity contribution in [3.05, 3.63) is 23.7 Å². The van der Waals surface area contributed by atoms with Crippen LogP contribution in [0.3, 0.4) is 0 Å². The fourth-order valence-corrected chi connectivity index (χ4v) is 0. The second kappa shape index (κ2) is 15.7. The molecule has 0 unspecified atom stereocenters. The summed E-state index contributed by atoms with van der Waals surface area (Å²) in [6, 6.07) is 0. The van der Waals surface area contributed by atoms with Crippen LogP contribution in [0.15, 0.2) is 23.7 Å². The van der Waals surface area contributed by atoms with Crippen LogP contribution in [0, 0.1) is 0 Å². The highest BCUT2D eigenvalue weighted by Crippen LogP contribution is 1.78. The van der Waals surface area contributed by atoms with E-state index >= 15 is 0 Å². The molecule has 0 aliphatic rings. The van der Waals surface area contributed by atoms with Gasteiger partial charge >= 0.3 is 0 Å². The van der Waals surface area contributed by atoms with Gasteiger partial charge in [0.2, 0.25) is 0 Å². The van der Waals surface area contributed by atoms with Crippen molar-refractivity contribution >= 4 is 45.8 Å². The van der Waals surface area contributed by atoms with Gasteiger partial charge in [0, 0.05) is 15.5 Å². The second-order valence-electron chi connectivity index (χ2n) is 0.695.